The van der Waals surface area contributed by atoms with E-state index >= 15 is 0 Å². The molecule has 0 aliphatic carbocycles. The minimum atomic E-state index is 0.0189. The summed E-state index contributed by atoms with van der Waals surface area (Å²) in [6.45, 7) is 3.42. The zero-order valence-corrected chi connectivity index (χ0v) is 14.4. The molecule has 4 nitrogen and oxygen atoms in total. The summed E-state index contributed by atoms with van der Waals surface area (Å²) in [7, 11) is 0. The van der Waals surface area contributed by atoms with Gasteiger partial charge in [0.2, 0.25) is 5.91 Å². The second kappa shape index (κ2) is 8.71. The molecule has 2 aliphatic heterocycles. The maximum absolute atomic E-state index is 12.2. The summed E-state index contributed by atoms with van der Waals surface area (Å²) in [5.74, 6) is 2.47. The third-order valence-electron chi connectivity index (χ3n) is 4.47. The fourth-order valence-corrected chi connectivity index (χ4v) is 4.33. The molecule has 23 heavy (non-hydrogen) atoms. The monoisotopic (exact) mass is 334 g/mol. The third-order valence-corrected chi connectivity index (χ3v) is 5.52. The number of hydrogen-bond acceptors (Lipinski definition) is 4. The van der Waals surface area contributed by atoms with Crippen LogP contribution in [-0.4, -0.2) is 54.2 Å². The van der Waals surface area contributed by atoms with E-state index in [1.54, 1.807) is 0 Å². The maximum Gasteiger partial charge on any atom is 0.222 e. The van der Waals surface area contributed by atoms with E-state index in [4.69, 9.17) is 4.74 Å². The number of nitrogens with zero attached hydrogens (tertiary/aromatic N) is 1. The Morgan fingerprint density at radius 2 is 2.04 bits per heavy atom. The number of morpholine rings is 1. The number of ether oxygens (including phenoxy) is 1. The van der Waals surface area contributed by atoms with Gasteiger partial charge in [-0.3, -0.25) is 9.69 Å². The standard InChI is InChI=1S/C18H26N2O2S/c21-18(19-16-6-10-23-11-7-16)12-17-14-20(8-9-22-17)13-15-4-2-1-3-5-15/h1-5,16-17H,6-14H2,(H,19,21)/t17-/m1/s1. The lowest BCUT2D eigenvalue weighted by Gasteiger charge is -2.33. The molecule has 1 N–H and O–H groups in total. The van der Waals surface area contributed by atoms with Gasteiger partial charge in [0.1, 0.15) is 0 Å². The molecule has 0 aromatic heterocycles. The summed E-state index contributed by atoms with van der Waals surface area (Å²) >= 11 is 1.98. The quantitative estimate of drug-likeness (QED) is 0.897. The number of amides is 1. The number of hydrogen-bond donors (Lipinski definition) is 1. The molecule has 5 heteroatoms. The van der Waals surface area contributed by atoms with Gasteiger partial charge in [-0.05, 0) is 29.9 Å². The zero-order chi connectivity index (χ0) is 15.9. The zero-order valence-electron chi connectivity index (χ0n) is 13.6. The molecular weight excluding hydrogens is 308 g/mol. The molecule has 126 valence electrons. The van der Waals surface area contributed by atoms with E-state index in [2.05, 4.69) is 34.5 Å². The van der Waals surface area contributed by atoms with Crippen LogP contribution in [0.25, 0.3) is 0 Å². The largest absolute Gasteiger partial charge is 0.375 e. The van der Waals surface area contributed by atoms with Gasteiger partial charge in [-0.25, -0.2) is 0 Å². The fourth-order valence-electron chi connectivity index (χ4n) is 3.22. The number of thioether (sulfide) groups is 1. The van der Waals surface area contributed by atoms with Gasteiger partial charge in [0.05, 0.1) is 19.1 Å². The highest BCUT2D eigenvalue weighted by atomic mass is 32.2. The molecule has 1 amide bonds. The molecule has 1 aromatic carbocycles. The van der Waals surface area contributed by atoms with Crippen LogP contribution in [0.3, 0.4) is 0 Å². The van der Waals surface area contributed by atoms with E-state index in [1.807, 2.05) is 17.8 Å². The van der Waals surface area contributed by atoms with Crippen LogP contribution in [0.4, 0.5) is 0 Å². The minimum absolute atomic E-state index is 0.0189. The maximum atomic E-state index is 12.2. The van der Waals surface area contributed by atoms with Gasteiger partial charge in [0.25, 0.3) is 0 Å². The Balaban J connectivity index is 1.43. The van der Waals surface area contributed by atoms with E-state index in [9.17, 15) is 4.79 Å². The first-order valence-electron chi connectivity index (χ1n) is 8.54. The highest BCUT2D eigenvalue weighted by molar-refractivity contribution is 7.99. The van der Waals surface area contributed by atoms with Crippen molar-refractivity contribution in [2.24, 2.45) is 0 Å². The normalized spacial score (nSPS) is 23.6. The Bertz CT molecular complexity index is 491. The van der Waals surface area contributed by atoms with E-state index in [1.165, 1.54) is 5.56 Å². The van der Waals surface area contributed by atoms with Gasteiger partial charge in [0.15, 0.2) is 0 Å². The van der Waals surface area contributed by atoms with Crippen LogP contribution in [-0.2, 0) is 16.1 Å². The van der Waals surface area contributed by atoms with Gasteiger partial charge in [-0.2, -0.15) is 11.8 Å². The van der Waals surface area contributed by atoms with Crippen molar-refractivity contribution >= 4 is 17.7 Å². The number of carbonyl (C=O) groups is 1. The first-order valence-corrected chi connectivity index (χ1v) is 9.70. The third kappa shape index (κ3) is 5.52. The van der Waals surface area contributed by atoms with Crippen molar-refractivity contribution in [3.05, 3.63) is 35.9 Å². The topological polar surface area (TPSA) is 41.6 Å². The van der Waals surface area contributed by atoms with Crippen LogP contribution in [0.5, 0.6) is 0 Å². The molecule has 2 aliphatic rings. The van der Waals surface area contributed by atoms with Crippen molar-refractivity contribution in [2.45, 2.75) is 38.0 Å². The molecule has 0 unspecified atom stereocenters. The lowest BCUT2D eigenvalue weighted by atomic mass is 10.1. The molecule has 1 aromatic rings. The van der Waals surface area contributed by atoms with Crippen LogP contribution in [0, 0.1) is 0 Å². The second-order valence-electron chi connectivity index (χ2n) is 6.37. The number of carbonyl (C=O) groups excluding carboxylic acids is 1. The SMILES string of the molecule is O=C(C[C@@H]1CN(Cc2ccccc2)CCO1)NC1CCSCC1. The second-order valence-corrected chi connectivity index (χ2v) is 7.60. The highest BCUT2D eigenvalue weighted by Crippen LogP contribution is 2.18. The fraction of sp³-hybridized carbons (Fsp3) is 0.611. The first-order chi connectivity index (χ1) is 11.3. The summed E-state index contributed by atoms with van der Waals surface area (Å²) in [5, 5.41) is 3.18. The van der Waals surface area contributed by atoms with Crippen LogP contribution in [0.1, 0.15) is 24.8 Å². The Morgan fingerprint density at radius 1 is 1.26 bits per heavy atom. The molecule has 2 saturated heterocycles. The molecule has 0 saturated carbocycles. The number of rotatable bonds is 5. The van der Waals surface area contributed by atoms with Crippen molar-refractivity contribution in [1.82, 2.24) is 10.2 Å². The summed E-state index contributed by atoms with van der Waals surface area (Å²) in [5.41, 5.74) is 1.32. The Hall–Kier alpha value is -1.04. The summed E-state index contributed by atoms with van der Waals surface area (Å²) in [6, 6.07) is 10.9. The smallest absolute Gasteiger partial charge is 0.222 e. The average Bonchev–Trinajstić information content (AvgIpc) is 2.57. The van der Waals surface area contributed by atoms with Gasteiger partial charge >= 0.3 is 0 Å². The Labute approximate surface area is 143 Å². The molecule has 2 heterocycles. The predicted molar refractivity (Wildman–Crippen MR) is 94.6 cm³/mol. The lowest BCUT2D eigenvalue weighted by molar-refractivity contribution is -0.126. The highest BCUT2D eigenvalue weighted by Gasteiger charge is 2.24. The summed E-state index contributed by atoms with van der Waals surface area (Å²) in [4.78, 5) is 14.6. The van der Waals surface area contributed by atoms with Gasteiger partial charge in [-0.1, -0.05) is 30.3 Å². The average molecular weight is 334 g/mol. The van der Waals surface area contributed by atoms with Crippen molar-refractivity contribution < 1.29 is 9.53 Å². The van der Waals surface area contributed by atoms with E-state index in [0.29, 0.717) is 19.1 Å². The molecule has 0 bridgehead atoms. The summed E-state index contributed by atoms with van der Waals surface area (Å²) in [6.07, 6.45) is 2.70. The molecule has 0 radical (unpaired) electrons. The molecule has 1 atom stereocenters. The first kappa shape index (κ1) is 16.8. The molecule has 2 fully saturated rings. The van der Waals surface area contributed by atoms with Crippen LogP contribution in [0.2, 0.25) is 0 Å². The van der Waals surface area contributed by atoms with Gasteiger partial charge < -0.3 is 10.1 Å². The van der Waals surface area contributed by atoms with Gasteiger partial charge in [-0.15, -0.1) is 0 Å². The van der Waals surface area contributed by atoms with E-state index < -0.39 is 0 Å². The Morgan fingerprint density at radius 3 is 2.83 bits per heavy atom. The van der Waals surface area contributed by atoms with Crippen molar-refractivity contribution in [2.75, 3.05) is 31.2 Å². The van der Waals surface area contributed by atoms with E-state index in [0.717, 1.165) is 44.0 Å². The van der Waals surface area contributed by atoms with E-state index in [-0.39, 0.29) is 12.0 Å². The van der Waals surface area contributed by atoms with Crippen LogP contribution in [0.15, 0.2) is 30.3 Å². The molecule has 3 rings (SSSR count). The number of benzene rings is 1. The number of nitrogens with one attached hydrogen (secondary N) is 1. The lowest BCUT2D eigenvalue weighted by Crippen LogP contribution is -2.45. The minimum Gasteiger partial charge on any atom is -0.375 e. The predicted octanol–water partition coefficient (Wildman–Crippen LogP) is 2.29. The summed E-state index contributed by atoms with van der Waals surface area (Å²) < 4.78 is 5.80. The molecule has 0 spiro atoms. The van der Waals surface area contributed by atoms with Crippen LogP contribution < -0.4 is 5.32 Å². The van der Waals surface area contributed by atoms with Crippen molar-refractivity contribution in [1.29, 1.82) is 0 Å². The Kier molecular flexibility index (Phi) is 6.37. The van der Waals surface area contributed by atoms with Crippen LogP contribution >= 0.6 is 11.8 Å². The van der Waals surface area contributed by atoms with Gasteiger partial charge in [0, 0.05) is 25.7 Å². The van der Waals surface area contributed by atoms with Crippen molar-refractivity contribution in [3.8, 4) is 0 Å². The van der Waals surface area contributed by atoms with Crippen molar-refractivity contribution in [3.63, 3.8) is 0 Å². The molecular formula is C18H26N2O2S.